The molecule has 2 aromatic heterocycles. The summed E-state index contributed by atoms with van der Waals surface area (Å²) in [4.78, 5) is 20.6. The predicted molar refractivity (Wildman–Crippen MR) is 109 cm³/mol. The van der Waals surface area contributed by atoms with E-state index in [-0.39, 0.29) is 5.91 Å². The lowest BCUT2D eigenvalue weighted by atomic mass is 10.1. The molecule has 1 N–H and O–H groups in total. The predicted octanol–water partition coefficient (Wildman–Crippen LogP) is 4.28. The van der Waals surface area contributed by atoms with Crippen molar-refractivity contribution in [2.75, 3.05) is 6.54 Å². The summed E-state index contributed by atoms with van der Waals surface area (Å²) in [6.07, 6.45) is 7.45. The standard InChI is InChI=1S/C20H18BrClN4O/c21-19-13-24-10-7-17(19)14-26(11-8-15-3-5-18(22)6-4-15)25-20(27)16-2-1-9-23-12-16/h1-7,9-10,12-13H,8,11,14H2,(H,25,27). The molecule has 0 radical (unpaired) electrons. The molecular weight excluding hydrogens is 428 g/mol. The van der Waals surface area contributed by atoms with Gasteiger partial charge in [-0.05, 0) is 63.8 Å². The van der Waals surface area contributed by atoms with Crippen LogP contribution in [0.1, 0.15) is 21.5 Å². The van der Waals surface area contributed by atoms with Gasteiger partial charge in [-0.1, -0.05) is 23.7 Å². The number of amides is 1. The van der Waals surface area contributed by atoms with Crippen LogP contribution in [0.25, 0.3) is 0 Å². The second-order valence-corrected chi connectivity index (χ2v) is 7.24. The van der Waals surface area contributed by atoms with E-state index in [0.29, 0.717) is 23.7 Å². The minimum atomic E-state index is -0.190. The molecule has 0 bridgehead atoms. The van der Waals surface area contributed by atoms with Crippen LogP contribution >= 0.6 is 27.5 Å². The highest BCUT2D eigenvalue weighted by molar-refractivity contribution is 9.10. The van der Waals surface area contributed by atoms with Crippen LogP contribution < -0.4 is 5.43 Å². The summed E-state index contributed by atoms with van der Waals surface area (Å²) < 4.78 is 0.900. The van der Waals surface area contributed by atoms with Gasteiger partial charge in [0.2, 0.25) is 0 Å². The number of pyridine rings is 2. The van der Waals surface area contributed by atoms with Crippen molar-refractivity contribution >= 4 is 33.4 Å². The van der Waals surface area contributed by atoms with E-state index in [1.54, 1.807) is 36.9 Å². The number of carbonyl (C=O) groups excluding carboxylic acids is 1. The molecule has 5 nitrogen and oxygen atoms in total. The Bertz CT molecular complexity index is 890. The van der Waals surface area contributed by atoms with Gasteiger partial charge in [-0.25, -0.2) is 5.01 Å². The SMILES string of the molecule is O=C(NN(CCc1ccc(Cl)cc1)Cc1ccncc1Br)c1cccnc1. The highest BCUT2D eigenvalue weighted by Gasteiger charge is 2.13. The fourth-order valence-corrected chi connectivity index (χ4v) is 3.03. The molecule has 3 aromatic rings. The lowest BCUT2D eigenvalue weighted by Gasteiger charge is -2.24. The van der Waals surface area contributed by atoms with Crippen molar-refractivity contribution in [2.45, 2.75) is 13.0 Å². The molecule has 0 unspecified atom stereocenters. The molecule has 0 aliphatic carbocycles. The van der Waals surface area contributed by atoms with E-state index in [2.05, 4.69) is 31.3 Å². The highest BCUT2D eigenvalue weighted by atomic mass is 79.9. The van der Waals surface area contributed by atoms with Crippen molar-refractivity contribution in [3.8, 4) is 0 Å². The molecule has 1 aromatic carbocycles. The molecule has 0 saturated carbocycles. The van der Waals surface area contributed by atoms with Crippen LogP contribution in [0.3, 0.4) is 0 Å². The number of aromatic nitrogens is 2. The summed E-state index contributed by atoms with van der Waals surface area (Å²) >= 11 is 9.46. The molecule has 0 spiro atoms. The quantitative estimate of drug-likeness (QED) is 0.551. The van der Waals surface area contributed by atoms with Gasteiger partial charge in [0.15, 0.2) is 0 Å². The van der Waals surface area contributed by atoms with E-state index in [4.69, 9.17) is 11.6 Å². The summed E-state index contributed by atoms with van der Waals surface area (Å²) in [5.74, 6) is -0.190. The third kappa shape index (κ3) is 5.85. The van der Waals surface area contributed by atoms with Crippen molar-refractivity contribution in [3.63, 3.8) is 0 Å². The molecule has 3 rings (SSSR count). The molecular formula is C20H18BrClN4O. The van der Waals surface area contributed by atoms with Crippen LogP contribution in [-0.2, 0) is 13.0 Å². The number of rotatable bonds is 7. The largest absolute Gasteiger partial charge is 0.284 e. The second kappa shape index (κ2) is 9.60. The van der Waals surface area contributed by atoms with Crippen molar-refractivity contribution in [1.29, 1.82) is 0 Å². The van der Waals surface area contributed by atoms with Crippen LogP contribution in [0, 0.1) is 0 Å². The van der Waals surface area contributed by atoms with Crippen molar-refractivity contribution in [3.05, 3.63) is 93.4 Å². The summed E-state index contributed by atoms with van der Waals surface area (Å²) in [5, 5.41) is 2.60. The average Bonchev–Trinajstić information content (AvgIpc) is 2.69. The monoisotopic (exact) mass is 444 g/mol. The second-order valence-electron chi connectivity index (χ2n) is 5.95. The first-order chi connectivity index (χ1) is 13.1. The van der Waals surface area contributed by atoms with Gasteiger partial charge in [0.05, 0.1) is 5.56 Å². The molecule has 0 aliphatic heterocycles. The Balaban J connectivity index is 1.72. The minimum Gasteiger partial charge on any atom is -0.284 e. The number of nitrogens with one attached hydrogen (secondary N) is 1. The van der Waals surface area contributed by atoms with Crippen molar-refractivity contribution in [2.24, 2.45) is 0 Å². The molecule has 27 heavy (non-hydrogen) atoms. The lowest BCUT2D eigenvalue weighted by molar-refractivity contribution is 0.0775. The van der Waals surface area contributed by atoms with Crippen molar-refractivity contribution < 1.29 is 4.79 Å². The summed E-state index contributed by atoms with van der Waals surface area (Å²) in [5.41, 5.74) is 5.68. The summed E-state index contributed by atoms with van der Waals surface area (Å²) in [6, 6.07) is 13.1. The van der Waals surface area contributed by atoms with Gasteiger partial charge < -0.3 is 0 Å². The van der Waals surface area contributed by atoms with E-state index < -0.39 is 0 Å². The van der Waals surface area contributed by atoms with Gasteiger partial charge in [0.1, 0.15) is 0 Å². The Labute approximate surface area is 171 Å². The molecule has 0 fully saturated rings. The van der Waals surface area contributed by atoms with Crippen LogP contribution in [0.15, 0.2) is 71.7 Å². The molecule has 2 heterocycles. The number of benzene rings is 1. The highest BCUT2D eigenvalue weighted by Crippen LogP contribution is 2.17. The number of hydrogen-bond acceptors (Lipinski definition) is 4. The van der Waals surface area contributed by atoms with E-state index in [0.717, 1.165) is 22.0 Å². The van der Waals surface area contributed by atoms with Crippen LogP contribution in [0.5, 0.6) is 0 Å². The molecule has 0 atom stereocenters. The third-order valence-corrected chi connectivity index (χ3v) is 4.95. The number of halogens is 2. The number of nitrogens with zero attached hydrogens (tertiary/aromatic N) is 3. The number of carbonyl (C=O) groups is 1. The smallest absolute Gasteiger partial charge is 0.267 e. The lowest BCUT2D eigenvalue weighted by Crippen LogP contribution is -2.43. The van der Waals surface area contributed by atoms with E-state index >= 15 is 0 Å². The zero-order valence-corrected chi connectivity index (χ0v) is 16.8. The first-order valence-electron chi connectivity index (χ1n) is 8.40. The van der Waals surface area contributed by atoms with Gasteiger partial charge in [-0.3, -0.25) is 20.2 Å². The average molecular weight is 446 g/mol. The molecule has 0 aliphatic rings. The Morgan fingerprint density at radius 3 is 2.56 bits per heavy atom. The topological polar surface area (TPSA) is 58.1 Å². The van der Waals surface area contributed by atoms with Gasteiger partial charge in [-0.2, -0.15) is 0 Å². The first-order valence-corrected chi connectivity index (χ1v) is 9.58. The summed E-state index contributed by atoms with van der Waals surface area (Å²) in [6.45, 7) is 1.19. The minimum absolute atomic E-state index is 0.190. The Morgan fingerprint density at radius 2 is 1.85 bits per heavy atom. The van der Waals surface area contributed by atoms with Gasteiger partial charge >= 0.3 is 0 Å². The van der Waals surface area contributed by atoms with E-state index in [9.17, 15) is 4.79 Å². The van der Waals surface area contributed by atoms with Crippen LogP contribution in [0.2, 0.25) is 5.02 Å². The third-order valence-electron chi connectivity index (χ3n) is 3.98. The maximum atomic E-state index is 12.6. The maximum absolute atomic E-state index is 12.6. The van der Waals surface area contributed by atoms with Gasteiger partial charge in [-0.15, -0.1) is 0 Å². The summed E-state index contributed by atoms with van der Waals surface area (Å²) in [7, 11) is 0. The van der Waals surface area contributed by atoms with Crippen LogP contribution in [0.4, 0.5) is 0 Å². The maximum Gasteiger partial charge on any atom is 0.267 e. The van der Waals surface area contributed by atoms with Gasteiger partial charge in [0, 0.05) is 47.4 Å². The van der Waals surface area contributed by atoms with E-state index in [1.165, 1.54) is 0 Å². The Hall–Kier alpha value is -2.28. The van der Waals surface area contributed by atoms with Gasteiger partial charge in [0.25, 0.3) is 5.91 Å². The van der Waals surface area contributed by atoms with Crippen molar-refractivity contribution in [1.82, 2.24) is 20.4 Å². The fourth-order valence-electron chi connectivity index (χ4n) is 2.53. The molecule has 0 saturated heterocycles. The first kappa shape index (κ1) is 19.5. The number of hydrazine groups is 1. The number of hydrogen-bond donors (Lipinski definition) is 1. The fraction of sp³-hybridized carbons (Fsp3) is 0.150. The van der Waals surface area contributed by atoms with Crippen LogP contribution in [-0.4, -0.2) is 27.4 Å². The molecule has 7 heteroatoms. The zero-order chi connectivity index (χ0) is 19.1. The van der Waals surface area contributed by atoms with E-state index in [1.807, 2.05) is 35.3 Å². The molecule has 138 valence electrons. The Kier molecular flexibility index (Phi) is 6.92. The Morgan fingerprint density at radius 1 is 1.07 bits per heavy atom. The zero-order valence-electron chi connectivity index (χ0n) is 14.5. The molecule has 1 amide bonds. The normalized spacial score (nSPS) is 10.8.